The smallest absolute Gasteiger partial charge is 0.268 e. The SMILES string of the molecule is CCCc1ccc(N(CC)S(=O)(=O)NC(=O)c2ccccc2)c(CC)c1. The molecule has 5 nitrogen and oxygen atoms in total. The van der Waals surface area contributed by atoms with Gasteiger partial charge in [0.25, 0.3) is 5.91 Å². The predicted molar refractivity (Wildman–Crippen MR) is 106 cm³/mol. The van der Waals surface area contributed by atoms with Gasteiger partial charge in [0.15, 0.2) is 0 Å². The molecule has 0 aliphatic heterocycles. The van der Waals surface area contributed by atoms with Gasteiger partial charge >= 0.3 is 10.2 Å². The fraction of sp³-hybridized carbons (Fsp3) is 0.350. The third kappa shape index (κ3) is 4.64. The highest BCUT2D eigenvalue weighted by molar-refractivity contribution is 7.91. The van der Waals surface area contributed by atoms with Gasteiger partial charge < -0.3 is 0 Å². The molecule has 0 aromatic heterocycles. The van der Waals surface area contributed by atoms with Gasteiger partial charge in [0.05, 0.1) is 5.69 Å². The van der Waals surface area contributed by atoms with Crippen molar-refractivity contribution in [2.45, 2.75) is 40.0 Å². The van der Waals surface area contributed by atoms with Crippen molar-refractivity contribution in [2.24, 2.45) is 0 Å². The number of benzene rings is 2. The van der Waals surface area contributed by atoms with Gasteiger partial charge in [-0.25, -0.2) is 4.72 Å². The van der Waals surface area contributed by atoms with Gasteiger partial charge in [-0.1, -0.05) is 50.6 Å². The van der Waals surface area contributed by atoms with Gasteiger partial charge in [0, 0.05) is 12.1 Å². The zero-order valence-corrected chi connectivity index (χ0v) is 16.3. The molecule has 140 valence electrons. The molecule has 0 saturated carbocycles. The number of hydrogen-bond acceptors (Lipinski definition) is 3. The van der Waals surface area contributed by atoms with Crippen LogP contribution in [0.2, 0.25) is 0 Å². The lowest BCUT2D eigenvalue weighted by Gasteiger charge is -2.25. The number of aryl methyl sites for hydroxylation is 2. The van der Waals surface area contributed by atoms with Crippen molar-refractivity contribution in [2.75, 3.05) is 10.8 Å². The molecular weight excluding hydrogens is 348 g/mol. The molecule has 0 spiro atoms. The van der Waals surface area contributed by atoms with Crippen LogP contribution < -0.4 is 9.03 Å². The van der Waals surface area contributed by atoms with Gasteiger partial charge in [0.2, 0.25) is 0 Å². The van der Waals surface area contributed by atoms with E-state index in [1.165, 1.54) is 9.87 Å². The molecule has 0 aliphatic carbocycles. The van der Waals surface area contributed by atoms with E-state index < -0.39 is 16.1 Å². The lowest BCUT2D eigenvalue weighted by molar-refractivity contribution is 0.0981. The molecule has 0 bridgehead atoms. The van der Waals surface area contributed by atoms with Crippen LogP contribution in [0, 0.1) is 0 Å². The molecule has 2 aromatic carbocycles. The third-order valence-corrected chi connectivity index (χ3v) is 5.65. The summed E-state index contributed by atoms with van der Waals surface area (Å²) in [6.45, 7) is 6.10. The molecule has 0 heterocycles. The van der Waals surface area contributed by atoms with Crippen LogP contribution in [0.15, 0.2) is 48.5 Å². The second-order valence-electron chi connectivity index (χ2n) is 6.03. The number of rotatable bonds is 8. The fourth-order valence-electron chi connectivity index (χ4n) is 2.90. The van der Waals surface area contributed by atoms with Gasteiger partial charge in [-0.3, -0.25) is 9.10 Å². The van der Waals surface area contributed by atoms with E-state index in [0.29, 0.717) is 17.7 Å². The van der Waals surface area contributed by atoms with Crippen molar-refractivity contribution in [1.82, 2.24) is 4.72 Å². The molecule has 1 N–H and O–H groups in total. The van der Waals surface area contributed by atoms with E-state index in [1.54, 1.807) is 37.3 Å². The average molecular weight is 375 g/mol. The first-order valence-corrected chi connectivity index (χ1v) is 10.4. The Bertz CT molecular complexity index is 849. The summed E-state index contributed by atoms with van der Waals surface area (Å²) < 4.78 is 29.1. The lowest BCUT2D eigenvalue weighted by Crippen LogP contribution is -2.44. The fourth-order valence-corrected chi connectivity index (χ4v) is 4.14. The molecule has 2 rings (SSSR count). The Morgan fingerprint density at radius 1 is 1.04 bits per heavy atom. The monoisotopic (exact) mass is 374 g/mol. The number of amides is 1. The summed E-state index contributed by atoms with van der Waals surface area (Å²) in [6.07, 6.45) is 2.70. The molecule has 0 unspecified atom stereocenters. The minimum Gasteiger partial charge on any atom is -0.268 e. The molecule has 0 fully saturated rings. The van der Waals surface area contributed by atoms with E-state index in [9.17, 15) is 13.2 Å². The number of anilines is 1. The Kier molecular flexibility index (Phi) is 6.80. The Morgan fingerprint density at radius 3 is 2.31 bits per heavy atom. The van der Waals surface area contributed by atoms with Crippen molar-refractivity contribution < 1.29 is 13.2 Å². The van der Waals surface area contributed by atoms with Crippen LogP contribution in [0.3, 0.4) is 0 Å². The van der Waals surface area contributed by atoms with Gasteiger partial charge in [-0.2, -0.15) is 8.42 Å². The first kappa shape index (κ1) is 20.0. The summed E-state index contributed by atoms with van der Waals surface area (Å²) in [4.78, 5) is 12.3. The Balaban J connectivity index is 2.33. The minimum absolute atomic E-state index is 0.234. The van der Waals surface area contributed by atoms with E-state index in [-0.39, 0.29) is 6.54 Å². The molecule has 0 aliphatic rings. The quantitative estimate of drug-likeness (QED) is 0.766. The highest BCUT2D eigenvalue weighted by atomic mass is 32.2. The maximum absolute atomic E-state index is 12.8. The third-order valence-electron chi connectivity index (χ3n) is 4.17. The zero-order chi connectivity index (χ0) is 19.2. The summed E-state index contributed by atoms with van der Waals surface area (Å²) in [5.74, 6) is -0.635. The zero-order valence-electron chi connectivity index (χ0n) is 15.5. The molecule has 6 heteroatoms. The molecule has 26 heavy (non-hydrogen) atoms. The summed E-state index contributed by atoms with van der Waals surface area (Å²) in [5.41, 5.74) is 3.06. The van der Waals surface area contributed by atoms with E-state index in [4.69, 9.17) is 0 Å². The summed E-state index contributed by atoms with van der Waals surface area (Å²) in [5, 5.41) is 0. The van der Waals surface area contributed by atoms with Crippen LogP contribution in [-0.4, -0.2) is 20.9 Å². The topological polar surface area (TPSA) is 66.5 Å². The van der Waals surface area contributed by atoms with Crippen LogP contribution >= 0.6 is 0 Å². The molecular formula is C20H26N2O3S. The average Bonchev–Trinajstić information content (AvgIpc) is 2.63. The minimum atomic E-state index is -4.00. The number of hydrogen-bond donors (Lipinski definition) is 1. The molecule has 0 radical (unpaired) electrons. The van der Waals surface area contributed by atoms with Crippen molar-refractivity contribution in [3.8, 4) is 0 Å². The highest BCUT2D eigenvalue weighted by Gasteiger charge is 2.25. The molecule has 1 amide bonds. The van der Waals surface area contributed by atoms with E-state index >= 15 is 0 Å². The van der Waals surface area contributed by atoms with Gasteiger partial charge in [-0.15, -0.1) is 0 Å². The van der Waals surface area contributed by atoms with E-state index in [1.807, 2.05) is 19.1 Å². The molecule has 0 saturated heterocycles. The van der Waals surface area contributed by atoms with Crippen molar-refractivity contribution in [3.63, 3.8) is 0 Å². The van der Waals surface area contributed by atoms with Gasteiger partial charge in [0.1, 0.15) is 0 Å². The van der Waals surface area contributed by atoms with Crippen molar-refractivity contribution in [1.29, 1.82) is 0 Å². The second kappa shape index (κ2) is 8.85. The number of carbonyl (C=O) groups excluding carboxylic acids is 1. The number of nitrogens with zero attached hydrogens (tertiary/aromatic N) is 1. The standard InChI is InChI=1S/C20H26N2O3S/c1-4-10-16-13-14-19(17(5-2)15-16)22(6-3)26(24,25)21-20(23)18-11-8-7-9-12-18/h7-9,11-15H,4-6,10H2,1-3H3,(H,21,23). The Hall–Kier alpha value is -2.34. The first-order chi connectivity index (χ1) is 12.4. The second-order valence-corrected chi connectivity index (χ2v) is 7.63. The Labute approximate surface area is 156 Å². The summed E-state index contributed by atoms with van der Waals surface area (Å²) in [6, 6.07) is 14.2. The molecule has 0 atom stereocenters. The van der Waals surface area contributed by atoms with Crippen LogP contribution in [-0.2, 0) is 23.1 Å². The maximum atomic E-state index is 12.8. The van der Waals surface area contributed by atoms with Gasteiger partial charge in [-0.05, 0) is 49.1 Å². The van der Waals surface area contributed by atoms with E-state index in [0.717, 1.165) is 18.4 Å². The largest absolute Gasteiger partial charge is 0.326 e. The van der Waals surface area contributed by atoms with Crippen molar-refractivity contribution in [3.05, 3.63) is 65.2 Å². The normalized spacial score (nSPS) is 11.2. The van der Waals surface area contributed by atoms with Crippen LogP contribution in [0.1, 0.15) is 48.7 Å². The molecule has 2 aromatic rings. The van der Waals surface area contributed by atoms with E-state index in [2.05, 4.69) is 17.7 Å². The number of nitrogens with one attached hydrogen (secondary N) is 1. The Morgan fingerprint density at radius 2 is 1.73 bits per heavy atom. The highest BCUT2D eigenvalue weighted by Crippen LogP contribution is 2.25. The maximum Gasteiger partial charge on any atom is 0.326 e. The van der Waals surface area contributed by atoms with Crippen molar-refractivity contribution >= 4 is 21.8 Å². The first-order valence-electron chi connectivity index (χ1n) is 8.94. The summed E-state index contributed by atoms with van der Waals surface area (Å²) in [7, 11) is -4.00. The van der Waals surface area contributed by atoms with Crippen LogP contribution in [0.4, 0.5) is 5.69 Å². The summed E-state index contributed by atoms with van der Waals surface area (Å²) >= 11 is 0. The van der Waals surface area contributed by atoms with Crippen LogP contribution in [0.25, 0.3) is 0 Å². The predicted octanol–water partition coefficient (Wildman–Crippen LogP) is 3.70. The van der Waals surface area contributed by atoms with Crippen LogP contribution in [0.5, 0.6) is 0 Å². The number of carbonyl (C=O) groups is 1. The lowest BCUT2D eigenvalue weighted by atomic mass is 10.0.